The summed E-state index contributed by atoms with van der Waals surface area (Å²) in [5.74, 6) is 0.492. The second-order valence-corrected chi connectivity index (χ2v) is 8.56. The third-order valence-corrected chi connectivity index (χ3v) is 7.04. The fourth-order valence-corrected chi connectivity index (χ4v) is 5.36. The number of rotatable bonds is 7. The molecule has 0 saturated heterocycles. The lowest BCUT2D eigenvalue weighted by Crippen LogP contribution is -2.36. The molecule has 1 aromatic heterocycles. The molecule has 2 rings (SSSR count). The van der Waals surface area contributed by atoms with Crippen molar-refractivity contribution < 1.29 is 8.42 Å². The van der Waals surface area contributed by atoms with Crippen molar-refractivity contribution in [2.75, 3.05) is 6.54 Å². The molecule has 0 bridgehead atoms. The van der Waals surface area contributed by atoms with Crippen LogP contribution in [0, 0.1) is 5.92 Å². The lowest BCUT2D eigenvalue weighted by Gasteiger charge is -2.19. The third kappa shape index (κ3) is 4.04. The Hall–Kier alpha value is -0.430. The summed E-state index contributed by atoms with van der Waals surface area (Å²) in [7, 11) is -3.36. The number of hydrogen-bond donors (Lipinski definition) is 2. The van der Waals surface area contributed by atoms with Crippen molar-refractivity contribution in [3.8, 4) is 0 Å². The van der Waals surface area contributed by atoms with Crippen molar-refractivity contribution in [1.82, 2.24) is 10.0 Å². The molecule has 1 aliphatic carbocycles. The molecule has 0 aliphatic heterocycles. The molecule has 2 N–H and O–H groups in total. The van der Waals surface area contributed by atoms with Gasteiger partial charge < -0.3 is 5.32 Å². The average molecular weight is 316 g/mol. The summed E-state index contributed by atoms with van der Waals surface area (Å²) in [6.07, 6.45) is 4.73. The van der Waals surface area contributed by atoms with E-state index in [-0.39, 0.29) is 6.04 Å². The number of nitrogens with one attached hydrogen (secondary N) is 2. The Kier molecular flexibility index (Phi) is 5.60. The molecule has 1 saturated carbocycles. The number of sulfonamides is 1. The van der Waals surface area contributed by atoms with Gasteiger partial charge in [-0.3, -0.25) is 0 Å². The Labute approximate surface area is 126 Å². The van der Waals surface area contributed by atoms with Gasteiger partial charge in [0.2, 0.25) is 10.0 Å². The van der Waals surface area contributed by atoms with E-state index in [4.69, 9.17) is 0 Å². The van der Waals surface area contributed by atoms with Gasteiger partial charge in [0.15, 0.2) is 0 Å². The molecular weight excluding hydrogens is 292 g/mol. The van der Waals surface area contributed by atoms with E-state index in [9.17, 15) is 8.42 Å². The highest BCUT2D eigenvalue weighted by atomic mass is 32.2. The van der Waals surface area contributed by atoms with Gasteiger partial charge >= 0.3 is 0 Å². The van der Waals surface area contributed by atoms with E-state index in [0.29, 0.717) is 10.1 Å². The van der Waals surface area contributed by atoms with Crippen LogP contribution >= 0.6 is 11.3 Å². The molecule has 0 amide bonds. The van der Waals surface area contributed by atoms with Gasteiger partial charge in [-0.05, 0) is 44.4 Å². The van der Waals surface area contributed by atoms with Crippen LogP contribution in [-0.2, 0) is 16.6 Å². The van der Waals surface area contributed by atoms with E-state index in [1.54, 1.807) is 6.07 Å². The molecule has 1 unspecified atom stereocenters. The van der Waals surface area contributed by atoms with Crippen molar-refractivity contribution in [2.45, 2.75) is 56.3 Å². The molecule has 4 nitrogen and oxygen atoms in total. The zero-order valence-corrected chi connectivity index (χ0v) is 13.8. The lowest BCUT2D eigenvalue weighted by atomic mass is 10.0. The van der Waals surface area contributed by atoms with E-state index < -0.39 is 10.0 Å². The van der Waals surface area contributed by atoms with Crippen molar-refractivity contribution in [2.24, 2.45) is 5.92 Å². The first-order valence-corrected chi connectivity index (χ1v) is 9.64. The summed E-state index contributed by atoms with van der Waals surface area (Å²) in [4.78, 5) is 1.06. The van der Waals surface area contributed by atoms with Crippen molar-refractivity contribution in [3.05, 3.63) is 17.0 Å². The van der Waals surface area contributed by atoms with E-state index in [1.165, 1.54) is 24.2 Å². The predicted molar refractivity (Wildman–Crippen MR) is 83.4 cm³/mol. The van der Waals surface area contributed by atoms with Crippen LogP contribution in [0.5, 0.6) is 0 Å². The van der Waals surface area contributed by atoms with Crippen LogP contribution in [0.15, 0.2) is 16.3 Å². The van der Waals surface area contributed by atoms with Crippen LogP contribution in [0.25, 0.3) is 0 Å². The third-order valence-electron chi connectivity index (χ3n) is 3.90. The van der Waals surface area contributed by atoms with Crippen LogP contribution in [0.3, 0.4) is 0 Å². The first-order chi connectivity index (χ1) is 9.53. The summed E-state index contributed by atoms with van der Waals surface area (Å²) in [6, 6.07) is 3.63. The maximum atomic E-state index is 12.4. The molecule has 1 heterocycles. The molecule has 1 atom stereocenters. The summed E-state index contributed by atoms with van der Waals surface area (Å²) in [6.45, 7) is 5.64. The minimum absolute atomic E-state index is 0.0295. The molecule has 1 fully saturated rings. The first kappa shape index (κ1) is 15.9. The highest BCUT2D eigenvalue weighted by molar-refractivity contribution is 7.91. The van der Waals surface area contributed by atoms with Gasteiger partial charge in [0, 0.05) is 17.5 Å². The van der Waals surface area contributed by atoms with Gasteiger partial charge in [0.25, 0.3) is 0 Å². The summed E-state index contributed by atoms with van der Waals surface area (Å²) < 4.78 is 28.0. The predicted octanol–water partition coefficient (Wildman–Crippen LogP) is 2.71. The second-order valence-electron chi connectivity index (χ2n) is 5.46. The van der Waals surface area contributed by atoms with Crippen molar-refractivity contribution >= 4 is 21.4 Å². The monoisotopic (exact) mass is 316 g/mol. The van der Waals surface area contributed by atoms with E-state index >= 15 is 0 Å². The van der Waals surface area contributed by atoms with Crippen LogP contribution in [0.1, 0.15) is 44.4 Å². The molecule has 0 radical (unpaired) electrons. The molecular formula is C14H24N2O2S2. The molecule has 1 aromatic rings. The zero-order valence-electron chi connectivity index (χ0n) is 12.2. The quantitative estimate of drug-likeness (QED) is 0.813. The van der Waals surface area contributed by atoms with Gasteiger partial charge in [-0.25, -0.2) is 13.1 Å². The molecule has 0 spiro atoms. The van der Waals surface area contributed by atoms with E-state index in [1.807, 2.05) is 19.9 Å². The summed E-state index contributed by atoms with van der Waals surface area (Å²) in [5, 5.41) is 3.21. The van der Waals surface area contributed by atoms with E-state index in [0.717, 1.165) is 30.8 Å². The fraction of sp³-hybridized carbons (Fsp3) is 0.714. The average Bonchev–Trinajstić information content (AvgIpc) is 3.07. The standard InChI is InChI=1S/C14H24N2O2S2/c1-3-15-10-13-8-9-14(19-13)20(17,18)16-11(2)12-6-4-5-7-12/h8-9,11-12,15-16H,3-7,10H2,1-2H3. The van der Waals surface area contributed by atoms with Crippen molar-refractivity contribution in [1.29, 1.82) is 0 Å². The summed E-state index contributed by atoms with van der Waals surface area (Å²) in [5.41, 5.74) is 0. The Bertz CT molecular complexity index is 519. The van der Waals surface area contributed by atoms with Crippen LogP contribution < -0.4 is 10.0 Å². The maximum Gasteiger partial charge on any atom is 0.250 e. The first-order valence-electron chi connectivity index (χ1n) is 7.34. The molecule has 0 aromatic carbocycles. The minimum Gasteiger partial charge on any atom is -0.312 e. The topological polar surface area (TPSA) is 58.2 Å². The molecule has 20 heavy (non-hydrogen) atoms. The number of hydrogen-bond acceptors (Lipinski definition) is 4. The maximum absolute atomic E-state index is 12.4. The van der Waals surface area contributed by atoms with Crippen LogP contribution in [0.4, 0.5) is 0 Å². The largest absolute Gasteiger partial charge is 0.312 e. The Morgan fingerprint density at radius 3 is 2.70 bits per heavy atom. The molecule has 6 heteroatoms. The Morgan fingerprint density at radius 1 is 1.35 bits per heavy atom. The van der Waals surface area contributed by atoms with Gasteiger partial charge in [-0.15, -0.1) is 11.3 Å². The van der Waals surface area contributed by atoms with E-state index in [2.05, 4.69) is 10.0 Å². The fourth-order valence-electron chi connectivity index (χ4n) is 2.70. The SMILES string of the molecule is CCNCc1ccc(S(=O)(=O)NC(C)C2CCCC2)s1. The zero-order chi connectivity index (χ0) is 14.6. The normalized spacial score (nSPS) is 18.5. The summed E-state index contributed by atoms with van der Waals surface area (Å²) >= 11 is 1.35. The second kappa shape index (κ2) is 7.02. The van der Waals surface area contributed by atoms with Gasteiger partial charge in [-0.1, -0.05) is 19.8 Å². The molecule has 114 valence electrons. The van der Waals surface area contributed by atoms with Gasteiger partial charge in [0.05, 0.1) is 0 Å². The smallest absolute Gasteiger partial charge is 0.250 e. The highest BCUT2D eigenvalue weighted by Crippen LogP contribution is 2.29. The van der Waals surface area contributed by atoms with Crippen LogP contribution in [0.2, 0.25) is 0 Å². The Balaban J connectivity index is 2.00. The van der Waals surface area contributed by atoms with Crippen molar-refractivity contribution in [3.63, 3.8) is 0 Å². The number of thiophene rings is 1. The van der Waals surface area contributed by atoms with Crippen LogP contribution in [-0.4, -0.2) is 21.0 Å². The van der Waals surface area contributed by atoms with Gasteiger partial charge in [0.1, 0.15) is 4.21 Å². The minimum atomic E-state index is -3.36. The lowest BCUT2D eigenvalue weighted by molar-refractivity contribution is 0.424. The molecule has 1 aliphatic rings. The highest BCUT2D eigenvalue weighted by Gasteiger charge is 2.26. The Morgan fingerprint density at radius 2 is 2.05 bits per heavy atom. The van der Waals surface area contributed by atoms with Gasteiger partial charge in [-0.2, -0.15) is 0 Å².